The van der Waals surface area contributed by atoms with Crippen LogP contribution in [0, 0.1) is 0 Å². The van der Waals surface area contributed by atoms with Gasteiger partial charge in [0.15, 0.2) is 11.6 Å². The lowest BCUT2D eigenvalue weighted by molar-refractivity contribution is -0.118. The number of ether oxygens (including phenoxy) is 2. The Hall–Kier alpha value is -4.38. The summed E-state index contributed by atoms with van der Waals surface area (Å²) >= 11 is 0. The molecule has 192 valence electrons. The van der Waals surface area contributed by atoms with Gasteiger partial charge in [0.05, 0.1) is 30.1 Å². The molecule has 0 fully saturated rings. The van der Waals surface area contributed by atoms with Crippen molar-refractivity contribution in [3.8, 4) is 11.5 Å². The zero-order valence-electron chi connectivity index (χ0n) is 20.4. The van der Waals surface area contributed by atoms with Crippen LogP contribution in [-0.4, -0.2) is 38.5 Å². The third-order valence-electron chi connectivity index (χ3n) is 5.51. The summed E-state index contributed by atoms with van der Waals surface area (Å²) in [6, 6.07) is 18.9. The zero-order valence-corrected chi connectivity index (χ0v) is 21.2. The van der Waals surface area contributed by atoms with Crippen molar-refractivity contribution in [3.05, 3.63) is 72.3 Å². The number of amides is 1. The average molecular weight is 522 g/mol. The van der Waals surface area contributed by atoms with Crippen LogP contribution >= 0.6 is 0 Å². The summed E-state index contributed by atoms with van der Waals surface area (Å²) in [7, 11) is -0.944. The highest BCUT2D eigenvalue weighted by atomic mass is 32.2. The Bertz CT molecular complexity index is 1520. The summed E-state index contributed by atoms with van der Waals surface area (Å²) in [5, 5.41) is 3.13. The molecule has 0 saturated heterocycles. The van der Waals surface area contributed by atoms with E-state index in [-0.39, 0.29) is 23.0 Å². The van der Waals surface area contributed by atoms with Crippen LogP contribution in [0.4, 0.5) is 17.3 Å². The number of nitrogens with two attached hydrogens (primary N) is 1. The maximum atomic E-state index is 13.4. The standard InChI is InChI=1S/C26H27N5O5S/c1-35-19-14-18(15-20(16-19)36-2)28-25-26(30-23-11-4-3-10-22(23)29-25)31-37(33,34)21-9-5-7-17(13-21)8-6-12-24(27)32/h3-5,7,9-11,13-16H,6,8,12H2,1-2H3,(H2,27,32)(H,28,29)(H,30,31). The number of rotatable bonds is 11. The van der Waals surface area contributed by atoms with Gasteiger partial charge in [-0.2, -0.15) is 0 Å². The molecule has 37 heavy (non-hydrogen) atoms. The van der Waals surface area contributed by atoms with E-state index in [1.807, 2.05) is 6.07 Å². The second kappa shape index (κ2) is 11.1. The fourth-order valence-electron chi connectivity index (χ4n) is 3.70. The van der Waals surface area contributed by atoms with Gasteiger partial charge in [0.25, 0.3) is 10.0 Å². The molecule has 0 aliphatic rings. The van der Waals surface area contributed by atoms with Crippen molar-refractivity contribution >= 4 is 44.3 Å². The minimum absolute atomic E-state index is 0.0274. The van der Waals surface area contributed by atoms with E-state index >= 15 is 0 Å². The summed E-state index contributed by atoms with van der Waals surface area (Å²) in [4.78, 5) is 20.2. The van der Waals surface area contributed by atoms with Crippen molar-refractivity contribution in [2.24, 2.45) is 5.73 Å². The van der Waals surface area contributed by atoms with E-state index in [4.69, 9.17) is 15.2 Å². The highest BCUT2D eigenvalue weighted by Crippen LogP contribution is 2.31. The van der Waals surface area contributed by atoms with Crippen LogP contribution in [0.1, 0.15) is 18.4 Å². The first-order valence-electron chi connectivity index (χ1n) is 11.4. The van der Waals surface area contributed by atoms with Crippen molar-refractivity contribution in [3.63, 3.8) is 0 Å². The largest absolute Gasteiger partial charge is 0.497 e. The molecule has 1 heterocycles. The summed E-state index contributed by atoms with van der Waals surface area (Å²) in [5.74, 6) is 0.931. The van der Waals surface area contributed by atoms with Crippen LogP contribution in [0.2, 0.25) is 0 Å². The van der Waals surface area contributed by atoms with Gasteiger partial charge in [-0.3, -0.25) is 9.52 Å². The number of carbonyl (C=O) groups is 1. The van der Waals surface area contributed by atoms with Gasteiger partial charge >= 0.3 is 0 Å². The predicted octanol–water partition coefficient (Wildman–Crippen LogP) is 4.00. The van der Waals surface area contributed by atoms with Crippen LogP contribution in [0.3, 0.4) is 0 Å². The highest BCUT2D eigenvalue weighted by Gasteiger charge is 2.20. The molecule has 0 atom stereocenters. The van der Waals surface area contributed by atoms with Gasteiger partial charge in [0.2, 0.25) is 5.91 Å². The molecule has 0 unspecified atom stereocenters. The quantitative estimate of drug-likeness (QED) is 0.268. The van der Waals surface area contributed by atoms with Crippen molar-refractivity contribution in [2.75, 3.05) is 24.3 Å². The smallest absolute Gasteiger partial charge is 0.263 e. The third kappa shape index (κ3) is 6.44. The molecule has 1 aromatic heterocycles. The molecule has 3 aromatic carbocycles. The maximum Gasteiger partial charge on any atom is 0.263 e. The number of para-hydroxylation sites is 2. The number of carbonyl (C=O) groups excluding carboxylic acids is 1. The van der Waals surface area contributed by atoms with Crippen LogP contribution in [0.15, 0.2) is 71.6 Å². The number of hydrogen-bond acceptors (Lipinski definition) is 8. The summed E-state index contributed by atoms with van der Waals surface area (Å²) in [5.41, 5.74) is 7.65. The summed E-state index contributed by atoms with van der Waals surface area (Å²) < 4.78 is 40.0. The first-order chi connectivity index (χ1) is 17.8. The van der Waals surface area contributed by atoms with Crippen LogP contribution in [0.5, 0.6) is 11.5 Å². The number of nitrogens with zero attached hydrogens (tertiary/aromatic N) is 2. The van der Waals surface area contributed by atoms with Crippen molar-refractivity contribution < 1.29 is 22.7 Å². The molecule has 10 nitrogen and oxygen atoms in total. The Morgan fingerprint density at radius 2 is 1.54 bits per heavy atom. The van der Waals surface area contributed by atoms with E-state index in [9.17, 15) is 13.2 Å². The minimum atomic E-state index is -4.02. The minimum Gasteiger partial charge on any atom is -0.497 e. The fraction of sp³-hybridized carbons (Fsp3) is 0.192. The number of sulfonamides is 1. The third-order valence-corrected chi connectivity index (χ3v) is 6.85. The molecule has 4 rings (SSSR count). The van der Waals surface area contributed by atoms with Gasteiger partial charge in [-0.05, 0) is 42.7 Å². The predicted molar refractivity (Wildman–Crippen MR) is 142 cm³/mol. The number of aryl methyl sites for hydroxylation is 1. The first kappa shape index (κ1) is 25.7. The molecule has 0 saturated carbocycles. The highest BCUT2D eigenvalue weighted by molar-refractivity contribution is 7.92. The SMILES string of the molecule is COc1cc(Nc2nc3ccccc3nc2NS(=O)(=O)c2cccc(CCCC(N)=O)c2)cc(OC)c1. The molecule has 0 spiro atoms. The molecule has 0 bridgehead atoms. The molecular weight excluding hydrogens is 494 g/mol. The van der Waals surface area contributed by atoms with Gasteiger partial charge in [-0.25, -0.2) is 18.4 Å². The lowest BCUT2D eigenvalue weighted by Gasteiger charge is -2.15. The van der Waals surface area contributed by atoms with Gasteiger partial charge < -0.3 is 20.5 Å². The summed E-state index contributed by atoms with van der Waals surface area (Å²) in [6.07, 6.45) is 1.28. The molecule has 0 radical (unpaired) electrons. The number of primary amides is 1. The molecule has 4 aromatic rings. The molecule has 0 aliphatic carbocycles. The summed E-state index contributed by atoms with van der Waals surface area (Å²) in [6.45, 7) is 0. The number of fused-ring (bicyclic) bond motifs is 1. The van der Waals surface area contributed by atoms with Gasteiger partial charge in [0, 0.05) is 30.3 Å². The maximum absolute atomic E-state index is 13.4. The molecule has 1 amide bonds. The molecule has 4 N–H and O–H groups in total. The zero-order chi connectivity index (χ0) is 26.4. The van der Waals surface area contributed by atoms with Crippen LogP contribution in [0.25, 0.3) is 11.0 Å². The number of hydrogen-bond donors (Lipinski definition) is 3. The number of anilines is 3. The van der Waals surface area contributed by atoms with E-state index in [0.717, 1.165) is 5.56 Å². The lowest BCUT2D eigenvalue weighted by atomic mass is 10.1. The van der Waals surface area contributed by atoms with Crippen molar-refractivity contribution in [1.82, 2.24) is 9.97 Å². The number of benzene rings is 3. The van der Waals surface area contributed by atoms with E-state index in [2.05, 4.69) is 20.0 Å². The monoisotopic (exact) mass is 521 g/mol. The normalized spacial score (nSPS) is 11.2. The van der Waals surface area contributed by atoms with E-state index in [0.29, 0.717) is 41.1 Å². The van der Waals surface area contributed by atoms with Gasteiger partial charge in [-0.1, -0.05) is 24.3 Å². The number of nitrogens with one attached hydrogen (secondary N) is 2. The molecule has 0 aliphatic heterocycles. The molecule has 11 heteroatoms. The average Bonchev–Trinajstić information content (AvgIpc) is 2.88. The first-order valence-corrected chi connectivity index (χ1v) is 12.9. The van der Waals surface area contributed by atoms with Crippen LogP contribution in [-0.2, 0) is 21.2 Å². The van der Waals surface area contributed by atoms with Crippen LogP contribution < -0.4 is 25.2 Å². The fourth-order valence-corrected chi connectivity index (χ4v) is 4.77. The Morgan fingerprint density at radius 1 is 0.892 bits per heavy atom. The van der Waals surface area contributed by atoms with Crippen molar-refractivity contribution in [1.29, 1.82) is 0 Å². The topological polar surface area (TPSA) is 146 Å². The Labute approximate surface area is 214 Å². The van der Waals surface area contributed by atoms with Gasteiger partial charge in [0.1, 0.15) is 11.5 Å². The second-order valence-electron chi connectivity index (χ2n) is 8.21. The van der Waals surface area contributed by atoms with E-state index in [1.54, 1.807) is 54.6 Å². The van der Waals surface area contributed by atoms with E-state index in [1.165, 1.54) is 20.3 Å². The van der Waals surface area contributed by atoms with Crippen molar-refractivity contribution in [2.45, 2.75) is 24.2 Å². The second-order valence-corrected chi connectivity index (χ2v) is 9.89. The van der Waals surface area contributed by atoms with Gasteiger partial charge in [-0.15, -0.1) is 0 Å². The Balaban J connectivity index is 1.69. The lowest BCUT2D eigenvalue weighted by Crippen LogP contribution is -2.16. The number of aromatic nitrogens is 2. The molecular formula is C26H27N5O5S. The Morgan fingerprint density at radius 3 is 2.16 bits per heavy atom. The Kier molecular flexibility index (Phi) is 7.73. The number of methoxy groups -OCH3 is 2. The van der Waals surface area contributed by atoms with E-state index < -0.39 is 15.9 Å².